The molecular weight excluding hydrogens is 462 g/mol. The van der Waals surface area contributed by atoms with Crippen molar-refractivity contribution in [1.82, 2.24) is 0 Å². The molecule has 0 bridgehead atoms. The van der Waals surface area contributed by atoms with Crippen molar-refractivity contribution in [1.29, 1.82) is 0 Å². The Balaban J connectivity index is 1.50. The van der Waals surface area contributed by atoms with Crippen molar-refractivity contribution < 1.29 is 14.7 Å². The summed E-state index contributed by atoms with van der Waals surface area (Å²) in [5.74, 6) is -1.64. The Morgan fingerprint density at radius 1 is 0.973 bits per heavy atom. The van der Waals surface area contributed by atoms with Gasteiger partial charge in [-0.3, -0.25) is 4.79 Å². The standard InChI is InChI=1S/C31H31N3O3/c1-4-21-15-22(5-2)18-26(17-21)34-30(35)27(29(32-34)31(36)37)19-23-10-13-28-24(16-23)7-6-14-33(28)25-11-8-20(3)9-12-25/h8-13,15-19H,4-7,14H2,1-3H3,(H,36,37)/b27-19-. The molecule has 0 atom stereocenters. The summed E-state index contributed by atoms with van der Waals surface area (Å²) < 4.78 is 0. The van der Waals surface area contributed by atoms with E-state index < -0.39 is 11.9 Å². The molecule has 0 spiro atoms. The van der Waals surface area contributed by atoms with Gasteiger partial charge in [0.05, 0.1) is 11.3 Å². The van der Waals surface area contributed by atoms with E-state index in [-0.39, 0.29) is 11.3 Å². The minimum absolute atomic E-state index is 0.0959. The number of hydrogen-bond acceptors (Lipinski definition) is 4. The third-order valence-electron chi connectivity index (χ3n) is 7.06. The lowest BCUT2D eigenvalue weighted by Gasteiger charge is -2.31. The SMILES string of the molecule is CCc1cc(CC)cc(N2N=C(C(=O)O)/C(=C/c3ccc4c(c3)CCCN4c3ccc(C)cc3)C2=O)c1. The largest absolute Gasteiger partial charge is 0.476 e. The minimum atomic E-state index is -1.21. The molecule has 0 aromatic heterocycles. The quantitative estimate of drug-likeness (QED) is 0.423. The van der Waals surface area contributed by atoms with Gasteiger partial charge in [-0.05, 0) is 97.3 Å². The normalized spacial score (nSPS) is 16.2. The fourth-order valence-electron chi connectivity index (χ4n) is 5.02. The lowest BCUT2D eigenvalue weighted by Crippen LogP contribution is -2.24. The van der Waals surface area contributed by atoms with Crippen molar-refractivity contribution in [3.63, 3.8) is 0 Å². The average molecular weight is 494 g/mol. The number of aliphatic carboxylic acids is 1. The molecule has 2 aliphatic rings. The predicted octanol–water partition coefficient (Wildman–Crippen LogP) is 6.07. The molecule has 0 saturated heterocycles. The number of carboxylic acid groups (broad SMARTS) is 1. The maximum atomic E-state index is 13.4. The molecule has 5 rings (SSSR count). The van der Waals surface area contributed by atoms with Gasteiger partial charge in [-0.1, -0.05) is 43.7 Å². The third kappa shape index (κ3) is 4.79. The van der Waals surface area contributed by atoms with Gasteiger partial charge in [-0.25, -0.2) is 4.79 Å². The highest BCUT2D eigenvalue weighted by Crippen LogP contribution is 2.35. The van der Waals surface area contributed by atoms with Crippen molar-refractivity contribution >= 4 is 40.7 Å². The fourth-order valence-corrected chi connectivity index (χ4v) is 5.02. The van der Waals surface area contributed by atoms with Crippen molar-refractivity contribution in [3.05, 3.63) is 94.1 Å². The van der Waals surface area contributed by atoms with Gasteiger partial charge in [-0.15, -0.1) is 0 Å². The monoisotopic (exact) mass is 493 g/mol. The van der Waals surface area contributed by atoms with E-state index in [4.69, 9.17) is 0 Å². The Morgan fingerprint density at radius 2 is 1.68 bits per heavy atom. The lowest BCUT2D eigenvalue weighted by molar-refractivity contribution is -0.129. The van der Waals surface area contributed by atoms with E-state index in [0.29, 0.717) is 5.69 Å². The van der Waals surface area contributed by atoms with Gasteiger partial charge >= 0.3 is 5.97 Å². The first-order valence-corrected chi connectivity index (χ1v) is 12.9. The van der Waals surface area contributed by atoms with Gasteiger partial charge in [0, 0.05) is 17.9 Å². The van der Waals surface area contributed by atoms with E-state index in [1.165, 1.54) is 16.1 Å². The van der Waals surface area contributed by atoms with E-state index in [1.807, 2.05) is 18.2 Å². The second-order valence-electron chi connectivity index (χ2n) is 9.62. The fraction of sp³-hybridized carbons (Fsp3) is 0.258. The summed E-state index contributed by atoms with van der Waals surface area (Å²) in [4.78, 5) is 27.8. The molecule has 3 aromatic rings. The first-order valence-electron chi connectivity index (χ1n) is 12.9. The summed E-state index contributed by atoms with van der Waals surface area (Å²) >= 11 is 0. The Bertz CT molecular complexity index is 1410. The van der Waals surface area contributed by atoms with Gasteiger partial charge in [-0.2, -0.15) is 10.1 Å². The number of benzene rings is 3. The van der Waals surface area contributed by atoms with Crippen LogP contribution < -0.4 is 9.91 Å². The van der Waals surface area contributed by atoms with Gasteiger partial charge in [0.2, 0.25) is 0 Å². The number of carbonyl (C=O) groups is 2. The van der Waals surface area contributed by atoms with Crippen LogP contribution in [0.5, 0.6) is 0 Å². The average Bonchev–Trinajstić information content (AvgIpc) is 3.24. The van der Waals surface area contributed by atoms with E-state index in [9.17, 15) is 14.7 Å². The maximum absolute atomic E-state index is 13.4. The molecule has 1 amide bonds. The van der Waals surface area contributed by atoms with Crippen LogP contribution in [0.2, 0.25) is 0 Å². The molecule has 1 N–H and O–H groups in total. The van der Waals surface area contributed by atoms with Gasteiger partial charge in [0.1, 0.15) is 0 Å². The summed E-state index contributed by atoms with van der Waals surface area (Å²) in [6.45, 7) is 7.13. The number of carboxylic acids is 1. The van der Waals surface area contributed by atoms with Crippen LogP contribution in [0.3, 0.4) is 0 Å². The zero-order valence-electron chi connectivity index (χ0n) is 21.5. The Hall–Kier alpha value is -4.19. The summed E-state index contributed by atoms with van der Waals surface area (Å²) in [5.41, 5.74) is 8.12. The number of fused-ring (bicyclic) bond motifs is 1. The van der Waals surface area contributed by atoms with Crippen molar-refractivity contribution in [2.75, 3.05) is 16.5 Å². The summed E-state index contributed by atoms with van der Waals surface area (Å²) in [6, 6.07) is 20.5. The van der Waals surface area contributed by atoms with Crippen LogP contribution in [0.25, 0.3) is 6.08 Å². The smallest absolute Gasteiger partial charge is 0.357 e. The predicted molar refractivity (Wildman–Crippen MR) is 149 cm³/mol. The molecule has 37 heavy (non-hydrogen) atoms. The number of hydrogen-bond donors (Lipinski definition) is 1. The number of carbonyl (C=O) groups excluding carboxylic acids is 1. The number of aryl methyl sites for hydroxylation is 4. The van der Waals surface area contributed by atoms with Crippen LogP contribution in [0.1, 0.15) is 48.1 Å². The zero-order chi connectivity index (χ0) is 26.1. The van der Waals surface area contributed by atoms with E-state index >= 15 is 0 Å². The summed E-state index contributed by atoms with van der Waals surface area (Å²) in [5, 5.41) is 15.3. The van der Waals surface area contributed by atoms with Gasteiger partial charge in [0.15, 0.2) is 5.71 Å². The van der Waals surface area contributed by atoms with E-state index in [0.717, 1.165) is 60.3 Å². The molecule has 0 radical (unpaired) electrons. The number of anilines is 3. The molecule has 188 valence electrons. The summed E-state index contributed by atoms with van der Waals surface area (Å²) in [7, 11) is 0. The van der Waals surface area contributed by atoms with Gasteiger partial charge in [0.25, 0.3) is 5.91 Å². The Kier molecular flexibility index (Phi) is 6.66. The first-order chi connectivity index (χ1) is 17.9. The Morgan fingerprint density at radius 3 is 2.32 bits per heavy atom. The molecule has 0 aliphatic carbocycles. The molecule has 6 heteroatoms. The summed E-state index contributed by atoms with van der Waals surface area (Å²) in [6.07, 6.45) is 5.23. The number of amides is 1. The highest BCUT2D eigenvalue weighted by atomic mass is 16.4. The third-order valence-corrected chi connectivity index (χ3v) is 7.06. The molecule has 6 nitrogen and oxygen atoms in total. The molecule has 0 fully saturated rings. The van der Waals surface area contributed by atoms with E-state index in [2.05, 4.69) is 73.2 Å². The maximum Gasteiger partial charge on any atom is 0.357 e. The van der Waals surface area contributed by atoms with Crippen LogP contribution in [0.15, 0.2) is 71.3 Å². The topological polar surface area (TPSA) is 73.2 Å². The van der Waals surface area contributed by atoms with Crippen LogP contribution in [0, 0.1) is 6.92 Å². The number of rotatable bonds is 6. The Labute approximate surface area is 217 Å². The van der Waals surface area contributed by atoms with Gasteiger partial charge < -0.3 is 10.0 Å². The molecule has 0 saturated carbocycles. The molecular formula is C31H31N3O3. The van der Waals surface area contributed by atoms with Crippen molar-refractivity contribution in [3.8, 4) is 0 Å². The highest BCUT2D eigenvalue weighted by Gasteiger charge is 2.35. The molecule has 2 aliphatic heterocycles. The first kappa shape index (κ1) is 24.5. The second kappa shape index (κ2) is 10.1. The van der Waals surface area contributed by atoms with Crippen molar-refractivity contribution in [2.24, 2.45) is 5.10 Å². The minimum Gasteiger partial charge on any atom is -0.476 e. The van der Waals surface area contributed by atoms with Crippen LogP contribution in [-0.2, 0) is 28.9 Å². The lowest BCUT2D eigenvalue weighted by atomic mass is 9.97. The van der Waals surface area contributed by atoms with Crippen LogP contribution in [0.4, 0.5) is 17.1 Å². The zero-order valence-corrected chi connectivity index (χ0v) is 21.5. The highest BCUT2D eigenvalue weighted by molar-refractivity contribution is 6.53. The van der Waals surface area contributed by atoms with Crippen LogP contribution in [-0.4, -0.2) is 29.2 Å². The van der Waals surface area contributed by atoms with Crippen LogP contribution >= 0.6 is 0 Å². The molecule has 0 unspecified atom stereocenters. The molecule has 2 heterocycles. The van der Waals surface area contributed by atoms with Crippen molar-refractivity contribution in [2.45, 2.75) is 46.5 Å². The second-order valence-corrected chi connectivity index (χ2v) is 9.62. The van der Waals surface area contributed by atoms with E-state index in [1.54, 1.807) is 6.08 Å². The molecule has 3 aromatic carbocycles. The number of nitrogens with zero attached hydrogens (tertiary/aromatic N) is 3. The number of hydrazone groups is 1.